The average Bonchev–Trinajstić information content (AvgIpc) is 2.75. The molecule has 1 amide bonds. The van der Waals surface area contributed by atoms with E-state index in [1.807, 2.05) is 38.1 Å². The third-order valence-corrected chi connectivity index (χ3v) is 6.59. The Morgan fingerprint density at radius 3 is 2.50 bits per heavy atom. The van der Waals surface area contributed by atoms with E-state index in [9.17, 15) is 13.2 Å². The Morgan fingerprint density at radius 2 is 1.83 bits per heavy atom. The van der Waals surface area contributed by atoms with E-state index in [1.165, 1.54) is 16.4 Å². The van der Waals surface area contributed by atoms with Crippen LogP contribution in [0.1, 0.15) is 29.8 Å². The van der Waals surface area contributed by atoms with Crippen LogP contribution in [0, 0.1) is 0 Å². The zero-order chi connectivity index (χ0) is 21.6. The summed E-state index contributed by atoms with van der Waals surface area (Å²) in [6, 6.07) is 13.9. The Balaban J connectivity index is 1.57. The second kappa shape index (κ2) is 10.1. The number of ether oxygens (including phenoxy) is 2. The Bertz CT molecular complexity index is 952. The van der Waals surface area contributed by atoms with E-state index in [1.54, 1.807) is 12.1 Å². The first-order valence-corrected chi connectivity index (χ1v) is 11.5. The van der Waals surface area contributed by atoms with E-state index in [0.717, 1.165) is 11.3 Å². The van der Waals surface area contributed by atoms with Gasteiger partial charge in [0.15, 0.2) is 0 Å². The van der Waals surface area contributed by atoms with Gasteiger partial charge in [-0.25, -0.2) is 8.42 Å². The van der Waals surface area contributed by atoms with Gasteiger partial charge in [0.1, 0.15) is 5.75 Å². The highest BCUT2D eigenvalue weighted by molar-refractivity contribution is 7.89. The molecule has 0 bridgehead atoms. The third kappa shape index (κ3) is 5.81. The molecule has 0 unspecified atom stereocenters. The average molecular weight is 433 g/mol. The lowest BCUT2D eigenvalue weighted by Crippen LogP contribution is -2.40. The fourth-order valence-corrected chi connectivity index (χ4v) is 4.62. The van der Waals surface area contributed by atoms with Gasteiger partial charge in [-0.15, -0.1) is 0 Å². The lowest BCUT2D eigenvalue weighted by atomic mass is 10.1. The highest BCUT2D eigenvalue weighted by Gasteiger charge is 2.26. The van der Waals surface area contributed by atoms with Gasteiger partial charge in [-0.3, -0.25) is 4.79 Å². The van der Waals surface area contributed by atoms with Crippen molar-refractivity contribution in [3.8, 4) is 5.75 Å². The summed E-state index contributed by atoms with van der Waals surface area (Å²) in [7, 11) is -3.63. The first kappa shape index (κ1) is 22.3. The maximum Gasteiger partial charge on any atom is 0.251 e. The zero-order valence-corrected chi connectivity index (χ0v) is 18.2. The first-order chi connectivity index (χ1) is 14.4. The van der Waals surface area contributed by atoms with Crippen LogP contribution >= 0.6 is 0 Å². The molecule has 1 fully saturated rings. The maximum atomic E-state index is 12.8. The minimum Gasteiger partial charge on any atom is -0.491 e. The summed E-state index contributed by atoms with van der Waals surface area (Å²) >= 11 is 0. The summed E-state index contributed by atoms with van der Waals surface area (Å²) in [6.45, 7) is 5.80. The number of nitrogens with zero attached hydrogens (tertiary/aromatic N) is 1. The number of carbonyl (C=O) groups is 1. The van der Waals surface area contributed by atoms with Crippen molar-refractivity contribution in [1.29, 1.82) is 0 Å². The predicted octanol–water partition coefficient (Wildman–Crippen LogP) is 2.47. The van der Waals surface area contributed by atoms with E-state index in [-0.39, 0.29) is 16.9 Å². The van der Waals surface area contributed by atoms with Crippen molar-refractivity contribution in [2.45, 2.75) is 31.3 Å². The van der Waals surface area contributed by atoms with Gasteiger partial charge in [0.05, 0.1) is 24.2 Å². The normalized spacial score (nSPS) is 15.2. The first-order valence-electron chi connectivity index (χ1n) is 10.1. The summed E-state index contributed by atoms with van der Waals surface area (Å²) in [4.78, 5) is 12.6. The Morgan fingerprint density at radius 1 is 1.13 bits per heavy atom. The third-order valence-electron chi connectivity index (χ3n) is 4.70. The highest BCUT2D eigenvalue weighted by atomic mass is 32.2. The van der Waals surface area contributed by atoms with Gasteiger partial charge in [0, 0.05) is 25.2 Å². The molecule has 0 radical (unpaired) electrons. The molecule has 1 aliphatic heterocycles. The molecule has 3 rings (SSSR count). The second-order valence-corrected chi connectivity index (χ2v) is 9.30. The standard InChI is InChI=1S/C22H28N2O5S/c1-17(2)29-20-8-6-18(7-9-20)10-11-23-22(25)19-4-3-5-21(16-19)30(26,27)24-12-14-28-15-13-24/h3-9,16-17H,10-15H2,1-2H3,(H,23,25). The number of benzene rings is 2. The number of hydrogen-bond acceptors (Lipinski definition) is 5. The molecule has 1 heterocycles. The van der Waals surface area contributed by atoms with Gasteiger partial charge in [0.25, 0.3) is 5.91 Å². The van der Waals surface area contributed by atoms with Gasteiger partial charge in [-0.2, -0.15) is 4.31 Å². The second-order valence-electron chi connectivity index (χ2n) is 7.36. The molecule has 7 nitrogen and oxygen atoms in total. The number of sulfonamides is 1. The molecular weight excluding hydrogens is 404 g/mol. The molecule has 0 atom stereocenters. The Labute approximate surface area is 178 Å². The monoisotopic (exact) mass is 432 g/mol. The summed E-state index contributed by atoms with van der Waals surface area (Å²) < 4.78 is 37.8. The van der Waals surface area contributed by atoms with Crippen LogP contribution in [0.3, 0.4) is 0 Å². The van der Waals surface area contributed by atoms with E-state index in [0.29, 0.717) is 44.8 Å². The molecule has 8 heteroatoms. The van der Waals surface area contributed by atoms with Gasteiger partial charge < -0.3 is 14.8 Å². The number of carbonyl (C=O) groups excluding carboxylic acids is 1. The van der Waals surface area contributed by atoms with Crippen LogP contribution in [0.4, 0.5) is 0 Å². The maximum absolute atomic E-state index is 12.8. The fraction of sp³-hybridized carbons (Fsp3) is 0.409. The molecule has 1 saturated heterocycles. The van der Waals surface area contributed by atoms with Crippen molar-refractivity contribution in [1.82, 2.24) is 9.62 Å². The Kier molecular flexibility index (Phi) is 7.47. The Hall–Kier alpha value is -2.42. The number of nitrogens with one attached hydrogen (secondary N) is 1. The number of morpholine rings is 1. The van der Waals surface area contributed by atoms with Crippen LogP contribution < -0.4 is 10.1 Å². The van der Waals surface area contributed by atoms with Crippen LogP contribution in [0.2, 0.25) is 0 Å². The van der Waals surface area contributed by atoms with Crippen LogP contribution in [-0.2, 0) is 21.2 Å². The predicted molar refractivity (Wildman–Crippen MR) is 114 cm³/mol. The van der Waals surface area contributed by atoms with Crippen molar-refractivity contribution >= 4 is 15.9 Å². The van der Waals surface area contributed by atoms with Gasteiger partial charge >= 0.3 is 0 Å². The lowest BCUT2D eigenvalue weighted by molar-refractivity contribution is 0.0730. The van der Waals surface area contributed by atoms with Crippen molar-refractivity contribution in [3.05, 3.63) is 59.7 Å². The highest BCUT2D eigenvalue weighted by Crippen LogP contribution is 2.18. The summed E-state index contributed by atoms with van der Waals surface area (Å²) in [6.07, 6.45) is 0.789. The van der Waals surface area contributed by atoms with Crippen molar-refractivity contribution < 1.29 is 22.7 Å². The summed E-state index contributed by atoms with van der Waals surface area (Å²) in [5.41, 5.74) is 1.40. The van der Waals surface area contributed by atoms with Crippen molar-refractivity contribution in [2.24, 2.45) is 0 Å². The zero-order valence-electron chi connectivity index (χ0n) is 17.3. The molecule has 162 valence electrons. The summed E-state index contributed by atoms with van der Waals surface area (Å²) in [5, 5.41) is 2.85. The van der Waals surface area contributed by atoms with Gasteiger partial charge in [-0.05, 0) is 56.2 Å². The molecule has 0 aromatic heterocycles. The molecule has 2 aromatic rings. The van der Waals surface area contributed by atoms with Gasteiger partial charge in [-0.1, -0.05) is 18.2 Å². The van der Waals surface area contributed by atoms with E-state index < -0.39 is 10.0 Å². The largest absolute Gasteiger partial charge is 0.491 e. The molecule has 0 spiro atoms. The number of rotatable bonds is 8. The van der Waals surface area contributed by atoms with Crippen LogP contribution in [-0.4, -0.2) is 57.6 Å². The quantitative estimate of drug-likeness (QED) is 0.693. The summed E-state index contributed by atoms with van der Waals surface area (Å²) in [5.74, 6) is 0.518. The fourth-order valence-electron chi connectivity index (χ4n) is 3.16. The number of hydrogen-bond donors (Lipinski definition) is 1. The van der Waals surface area contributed by atoms with E-state index in [4.69, 9.17) is 9.47 Å². The molecule has 30 heavy (non-hydrogen) atoms. The van der Waals surface area contributed by atoms with Crippen molar-refractivity contribution in [3.63, 3.8) is 0 Å². The van der Waals surface area contributed by atoms with Crippen LogP contribution in [0.15, 0.2) is 53.4 Å². The SMILES string of the molecule is CC(C)Oc1ccc(CCNC(=O)c2cccc(S(=O)(=O)N3CCOCC3)c2)cc1. The van der Waals surface area contributed by atoms with Crippen molar-refractivity contribution in [2.75, 3.05) is 32.8 Å². The topological polar surface area (TPSA) is 84.9 Å². The molecule has 1 aliphatic rings. The molecular formula is C22H28N2O5S. The number of amides is 1. The molecule has 1 N–H and O–H groups in total. The van der Waals surface area contributed by atoms with Crippen LogP contribution in [0.5, 0.6) is 5.75 Å². The smallest absolute Gasteiger partial charge is 0.251 e. The van der Waals surface area contributed by atoms with E-state index >= 15 is 0 Å². The molecule has 0 aliphatic carbocycles. The molecule has 2 aromatic carbocycles. The minimum atomic E-state index is -3.63. The van der Waals surface area contributed by atoms with Gasteiger partial charge in [0.2, 0.25) is 10.0 Å². The lowest BCUT2D eigenvalue weighted by Gasteiger charge is -2.26. The molecule has 0 saturated carbocycles. The van der Waals surface area contributed by atoms with E-state index in [2.05, 4.69) is 5.32 Å². The van der Waals surface area contributed by atoms with Crippen LogP contribution in [0.25, 0.3) is 0 Å². The minimum absolute atomic E-state index is 0.123.